The van der Waals surface area contributed by atoms with Gasteiger partial charge in [-0.1, -0.05) is 0 Å². The highest BCUT2D eigenvalue weighted by atomic mass is 15.3. The summed E-state index contributed by atoms with van der Waals surface area (Å²) in [6, 6.07) is -0.834. The van der Waals surface area contributed by atoms with Crippen molar-refractivity contribution in [1.29, 1.82) is 0 Å². The molecule has 18 nitrogen and oxygen atoms in total. The van der Waals surface area contributed by atoms with Crippen LogP contribution in [0, 0.1) is 0 Å². The van der Waals surface area contributed by atoms with Gasteiger partial charge in [0, 0.05) is 127 Å². The van der Waals surface area contributed by atoms with E-state index in [1.807, 2.05) is 0 Å². The number of nitrogens with two attached hydrogens (primary N) is 14. The van der Waals surface area contributed by atoms with Gasteiger partial charge in [0.25, 0.3) is 0 Å². The first-order valence-electron chi connectivity index (χ1n) is 19.0. The maximum atomic E-state index is 6.65. The SMILES string of the molecule is NCCC(N)CN(CCC(N)CN)CCN(CC(N)CN)CC(CN(CC(N)CCN)CC(N)CCN)N(CC(N)CCN)CC(N)CCN. The van der Waals surface area contributed by atoms with Crippen molar-refractivity contribution in [3.8, 4) is 0 Å². The summed E-state index contributed by atoms with van der Waals surface area (Å²) in [7, 11) is 0. The molecule has 8 unspecified atom stereocenters. The summed E-state index contributed by atoms with van der Waals surface area (Å²) in [6.45, 7) is 10.8. The molecule has 0 fully saturated rings. The van der Waals surface area contributed by atoms with Crippen LogP contribution in [0.5, 0.6) is 0 Å². The summed E-state index contributed by atoms with van der Waals surface area (Å²) in [4.78, 5) is 9.48. The van der Waals surface area contributed by atoms with Crippen molar-refractivity contribution in [2.75, 3.05) is 118 Å². The van der Waals surface area contributed by atoms with Crippen LogP contribution >= 0.6 is 0 Å². The molecule has 0 aliphatic rings. The first-order chi connectivity index (χ1) is 23.8. The van der Waals surface area contributed by atoms with E-state index < -0.39 is 0 Å². The Bertz CT molecular complexity index is 728. The van der Waals surface area contributed by atoms with E-state index in [-0.39, 0.29) is 48.3 Å². The Kier molecular flexibility index (Phi) is 30.3. The maximum absolute atomic E-state index is 6.65. The second kappa shape index (κ2) is 30.7. The summed E-state index contributed by atoms with van der Waals surface area (Å²) in [5, 5.41) is 0. The Morgan fingerprint density at radius 1 is 0.300 bits per heavy atom. The lowest BCUT2D eigenvalue weighted by atomic mass is 10.1. The molecule has 8 atom stereocenters. The highest BCUT2D eigenvalue weighted by Crippen LogP contribution is 2.12. The van der Waals surface area contributed by atoms with E-state index >= 15 is 0 Å². The zero-order chi connectivity index (χ0) is 37.9. The molecule has 0 saturated carbocycles. The minimum Gasteiger partial charge on any atom is -0.330 e. The van der Waals surface area contributed by atoms with Crippen LogP contribution in [0.4, 0.5) is 0 Å². The minimum atomic E-state index is -0.214. The highest BCUT2D eigenvalue weighted by molar-refractivity contribution is 4.88. The predicted molar refractivity (Wildman–Crippen MR) is 212 cm³/mol. The van der Waals surface area contributed by atoms with Gasteiger partial charge in [0.15, 0.2) is 0 Å². The minimum absolute atomic E-state index is 0.0126. The van der Waals surface area contributed by atoms with E-state index in [2.05, 4.69) is 19.6 Å². The van der Waals surface area contributed by atoms with Crippen molar-refractivity contribution in [1.82, 2.24) is 19.6 Å². The van der Waals surface area contributed by atoms with Crippen molar-refractivity contribution in [2.24, 2.45) is 80.3 Å². The standard InChI is InChI=1S/C32H84N18/c33-7-1-26(41)17-47(12-6-25(40)15-38)13-14-48(20-31(46)16-39)23-32(50(21-29(44)4-10-36)22-30(45)5-11-37)24-49(18-27(42)2-8-34)19-28(43)3-9-35/h25-32H,1-24,33-46H2. The molecule has 0 rings (SSSR count). The van der Waals surface area contributed by atoms with Crippen LogP contribution in [0.25, 0.3) is 0 Å². The number of nitrogens with zero attached hydrogens (tertiary/aromatic N) is 4. The molecule has 0 spiro atoms. The number of hydrogen-bond acceptors (Lipinski definition) is 18. The van der Waals surface area contributed by atoms with E-state index in [1.165, 1.54) is 0 Å². The number of rotatable bonds is 35. The molecule has 50 heavy (non-hydrogen) atoms. The Morgan fingerprint density at radius 2 is 0.640 bits per heavy atom. The quantitative estimate of drug-likeness (QED) is 0.0289. The second-order valence-corrected chi connectivity index (χ2v) is 14.4. The molecule has 0 aliphatic carbocycles. The van der Waals surface area contributed by atoms with Crippen molar-refractivity contribution >= 4 is 0 Å². The second-order valence-electron chi connectivity index (χ2n) is 14.4. The first-order valence-corrected chi connectivity index (χ1v) is 19.0. The Morgan fingerprint density at radius 3 is 1.04 bits per heavy atom. The van der Waals surface area contributed by atoms with Crippen LogP contribution in [0.3, 0.4) is 0 Å². The molecule has 0 aliphatic heterocycles. The van der Waals surface area contributed by atoms with E-state index in [1.54, 1.807) is 0 Å². The van der Waals surface area contributed by atoms with Gasteiger partial charge in [0.2, 0.25) is 0 Å². The Labute approximate surface area is 304 Å². The molecule has 0 aromatic carbocycles. The van der Waals surface area contributed by atoms with Gasteiger partial charge in [0.1, 0.15) is 0 Å². The van der Waals surface area contributed by atoms with Gasteiger partial charge in [-0.2, -0.15) is 0 Å². The lowest BCUT2D eigenvalue weighted by molar-refractivity contribution is 0.0774. The third kappa shape index (κ3) is 24.5. The average molecular weight is 721 g/mol. The fourth-order valence-electron chi connectivity index (χ4n) is 6.31. The summed E-state index contributed by atoms with van der Waals surface area (Å²) in [5.41, 5.74) is 87.0. The average Bonchev–Trinajstić information content (AvgIpc) is 3.05. The number of hydrogen-bond donors (Lipinski definition) is 14. The normalized spacial score (nSPS) is 17.4. The van der Waals surface area contributed by atoms with Crippen LogP contribution in [-0.4, -0.2) is 186 Å². The summed E-state index contributed by atoms with van der Waals surface area (Å²) >= 11 is 0. The van der Waals surface area contributed by atoms with Crippen LogP contribution < -0.4 is 80.3 Å². The largest absolute Gasteiger partial charge is 0.330 e. The van der Waals surface area contributed by atoms with Gasteiger partial charge in [-0.05, 0) is 77.8 Å². The van der Waals surface area contributed by atoms with E-state index in [0.29, 0.717) is 124 Å². The molecule has 0 saturated heterocycles. The predicted octanol–water partition coefficient (Wildman–Crippen LogP) is -7.09. The van der Waals surface area contributed by atoms with Crippen LogP contribution in [0.15, 0.2) is 0 Å². The van der Waals surface area contributed by atoms with Crippen LogP contribution in [-0.2, 0) is 0 Å². The fourth-order valence-corrected chi connectivity index (χ4v) is 6.31. The van der Waals surface area contributed by atoms with Gasteiger partial charge in [-0.3, -0.25) is 14.7 Å². The fraction of sp³-hybridized carbons (Fsp3) is 1.00. The van der Waals surface area contributed by atoms with Gasteiger partial charge < -0.3 is 85.2 Å². The van der Waals surface area contributed by atoms with Gasteiger partial charge in [-0.15, -0.1) is 0 Å². The molecule has 28 N–H and O–H groups in total. The lowest BCUT2D eigenvalue weighted by Gasteiger charge is -2.42. The molecule has 0 bridgehead atoms. The smallest absolute Gasteiger partial charge is 0.0351 e. The first kappa shape index (κ1) is 49.3. The molecule has 302 valence electrons. The van der Waals surface area contributed by atoms with Crippen molar-refractivity contribution in [3.05, 3.63) is 0 Å². The molecule has 0 amide bonds. The van der Waals surface area contributed by atoms with Crippen LogP contribution in [0.2, 0.25) is 0 Å². The van der Waals surface area contributed by atoms with Crippen molar-refractivity contribution < 1.29 is 0 Å². The van der Waals surface area contributed by atoms with E-state index in [4.69, 9.17) is 80.3 Å². The summed E-state index contributed by atoms with van der Waals surface area (Å²) in [6.07, 6.45) is 4.28. The Hall–Kier alpha value is -0.720. The van der Waals surface area contributed by atoms with E-state index in [0.717, 1.165) is 32.5 Å². The van der Waals surface area contributed by atoms with Crippen molar-refractivity contribution in [2.45, 2.75) is 86.9 Å². The third-order valence-corrected chi connectivity index (χ3v) is 9.20. The monoisotopic (exact) mass is 721 g/mol. The highest BCUT2D eigenvalue weighted by Gasteiger charge is 2.29. The third-order valence-electron chi connectivity index (χ3n) is 9.20. The van der Waals surface area contributed by atoms with Gasteiger partial charge >= 0.3 is 0 Å². The topological polar surface area (TPSA) is 377 Å². The molecule has 18 heteroatoms. The van der Waals surface area contributed by atoms with Gasteiger partial charge in [0.05, 0.1) is 0 Å². The molecule has 0 radical (unpaired) electrons. The molecular formula is C32H84N18. The molecule has 0 heterocycles. The molecular weight excluding hydrogens is 636 g/mol. The summed E-state index contributed by atoms with van der Waals surface area (Å²) in [5.74, 6) is 0. The lowest BCUT2D eigenvalue weighted by Crippen LogP contribution is -2.59. The van der Waals surface area contributed by atoms with Gasteiger partial charge in [-0.25, -0.2) is 0 Å². The zero-order valence-corrected chi connectivity index (χ0v) is 31.5. The molecule has 0 aromatic rings. The maximum Gasteiger partial charge on any atom is 0.0351 e. The summed E-state index contributed by atoms with van der Waals surface area (Å²) < 4.78 is 0. The van der Waals surface area contributed by atoms with Crippen molar-refractivity contribution in [3.63, 3.8) is 0 Å². The van der Waals surface area contributed by atoms with Crippen LogP contribution in [0.1, 0.15) is 38.5 Å². The Balaban J connectivity index is 6.68. The molecule has 0 aromatic heterocycles. The zero-order valence-electron chi connectivity index (χ0n) is 31.5. The van der Waals surface area contributed by atoms with E-state index in [9.17, 15) is 0 Å².